The molecular formula is C12H12Cl2N2O2. The second-order valence-corrected chi connectivity index (χ2v) is 3.92. The van der Waals surface area contributed by atoms with Crippen LogP contribution in [0.15, 0.2) is 30.3 Å². The smallest absolute Gasteiger partial charge is 0.327 e. The van der Waals surface area contributed by atoms with Crippen molar-refractivity contribution in [1.82, 2.24) is 4.98 Å². The van der Waals surface area contributed by atoms with Crippen molar-refractivity contribution in [2.24, 2.45) is 5.73 Å². The number of halogens is 2. The summed E-state index contributed by atoms with van der Waals surface area (Å²) in [7, 11) is 1.28. The molecule has 0 aliphatic rings. The topological polar surface area (TPSA) is 65.2 Å². The van der Waals surface area contributed by atoms with Gasteiger partial charge < -0.3 is 10.5 Å². The Hall–Kier alpha value is -1.36. The lowest BCUT2D eigenvalue weighted by atomic mass is 10.1. The second kappa shape index (κ2) is 6.00. The standard InChI is InChI=1S/C12H11ClN2O2.ClH/c1-17-12(16)10(14)8-6-7-4-2-3-5-9(7)15-11(8)13;/h2-6,10H,14H2,1H3;1H/t10-;/m0./s1. The van der Waals surface area contributed by atoms with E-state index in [9.17, 15) is 4.79 Å². The number of carbonyl (C=O) groups excluding carboxylic acids is 1. The van der Waals surface area contributed by atoms with Crippen molar-refractivity contribution in [3.8, 4) is 0 Å². The summed E-state index contributed by atoms with van der Waals surface area (Å²) < 4.78 is 4.58. The van der Waals surface area contributed by atoms with E-state index in [1.54, 1.807) is 6.07 Å². The van der Waals surface area contributed by atoms with Crippen molar-refractivity contribution in [2.75, 3.05) is 7.11 Å². The van der Waals surface area contributed by atoms with Gasteiger partial charge in [-0.3, -0.25) is 4.79 Å². The van der Waals surface area contributed by atoms with Crippen LogP contribution in [0, 0.1) is 0 Å². The molecule has 4 nitrogen and oxygen atoms in total. The van der Waals surface area contributed by atoms with Gasteiger partial charge in [0.2, 0.25) is 0 Å². The van der Waals surface area contributed by atoms with Crippen LogP contribution < -0.4 is 5.73 Å². The van der Waals surface area contributed by atoms with Crippen molar-refractivity contribution in [3.63, 3.8) is 0 Å². The summed E-state index contributed by atoms with van der Waals surface area (Å²) in [5.74, 6) is -0.538. The number of esters is 1. The predicted molar refractivity (Wildman–Crippen MR) is 72.9 cm³/mol. The molecule has 0 radical (unpaired) electrons. The van der Waals surface area contributed by atoms with E-state index in [4.69, 9.17) is 17.3 Å². The first-order chi connectivity index (χ1) is 8.13. The van der Waals surface area contributed by atoms with Crippen LogP contribution >= 0.6 is 24.0 Å². The summed E-state index contributed by atoms with van der Waals surface area (Å²) in [6.45, 7) is 0. The van der Waals surface area contributed by atoms with E-state index in [-0.39, 0.29) is 17.6 Å². The summed E-state index contributed by atoms with van der Waals surface area (Å²) in [5.41, 5.74) is 6.97. The lowest BCUT2D eigenvalue weighted by molar-refractivity contribution is -0.142. The molecule has 0 aliphatic heterocycles. The van der Waals surface area contributed by atoms with Gasteiger partial charge >= 0.3 is 5.97 Å². The third-order valence-corrected chi connectivity index (χ3v) is 2.80. The average molecular weight is 287 g/mol. The number of nitrogens with zero attached hydrogens (tertiary/aromatic N) is 1. The Morgan fingerprint density at radius 3 is 2.78 bits per heavy atom. The molecule has 0 aliphatic carbocycles. The second-order valence-electron chi connectivity index (χ2n) is 3.56. The van der Waals surface area contributed by atoms with Gasteiger partial charge in [0.25, 0.3) is 0 Å². The number of benzene rings is 1. The number of para-hydroxylation sites is 1. The zero-order valence-corrected chi connectivity index (χ0v) is 11.2. The fraction of sp³-hybridized carbons (Fsp3) is 0.167. The van der Waals surface area contributed by atoms with E-state index in [0.717, 1.165) is 10.9 Å². The van der Waals surface area contributed by atoms with Crippen LogP contribution in [0.1, 0.15) is 11.6 Å². The zero-order valence-electron chi connectivity index (χ0n) is 9.59. The molecule has 18 heavy (non-hydrogen) atoms. The molecule has 6 heteroatoms. The molecule has 2 aromatic rings. The molecule has 0 bridgehead atoms. The van der Waals surface area contributed by atoms with Crippen molar-refractivity contribution in [2.45, 2.75) is 6.04 Å². The summed E-state index contributed by atoms with van der Waals surface area (Å²) in [5, 5.41) is 1.10. The molecule has 1 atom stereocenters. The van der Waals surface area contributed by atoms with Gasteiger partial charge in [-0.05, 0) is 12.1 Å². The molecule has 0 saturated carbocycles. The molecule has 1 heterocycles. The molecule has 2 rings (SSSR count). The molecular weight excluding hydrogens is 275 g/mol. The highest BCUT2D eigenvalue weighted by Gasteiger charge is 2.20. The monoisotopic (exact) mass is 286 g/mol. The maximum Gasteiger partial charge on any atom is 0.327 e. The third-order valence-electron chi connectivity index (χ3n) is 2.49. The molecule has 1 aromatic carbocycles. The Morgan fingerprint density at radius 1 is 1.44 bits per heavy atom. The summed E-state index contributed by atoms with van der Waals surface area (Å²) in [6.07, 6.45) is 0. The predicted octanol–water partition coefficient (Wildman–Crippen LogP) is 2.48. The maximum absolute atomic E-state index is 11.4. The SMILES string of the molecule is COC(=O)[C@@H](N)c1cc2ccccc2nc1Cl.Cl. The van der Waals surface area contributed by atoms with Gasteiger partial charge in [0, 0.05) is 10.9 Å². The fourth-order valence-electron chi connectivity index (χ4n) is 1.58. The zero-order chi connectivity index (χ0) is 12.4. The number of carbonyl (C=O) groups is 1. The number of fused-ring (bicyclic) bond motifs is 1. The quantitative estimate of drug-likeness (QED) is 0.680. The number of methoxy groups -OCH3 is 1. The Balaban J connectivity index is 0.00000162. The number of hydrogen-bond acceptors (Lipinski definition) is 4. The first-order valence-electron chi connectivity index (χ1n) is 5.02. The van der Waals surface area contributed by atoms with Gasteiger partial charge in [0.15, 0.2) is 0 Å². The highest BCUT2D eigenvalue weighted by molar-refractivity contribution is 6.30. The van der Waals surface area contributed by atoms with E-state index < -0.39 is 12.0 Å². The average Bonchev–Trinajstić information content (AvgIpc) is 2.36. The number of hydrogen-bond donors (Lipinski definition) is 1. The van der Waals surface area contributed by atoms with Gasteiger partial charge in [0.1, 0.15) is 11.2 Å². The van der Waals surface area contributed by atoms with E-state index in [1.165, 1.54) is 7.11 Å². The lowest BCUT2D eigenvalue weighted by Crippen LogP contribution is -2.23. The molecule has 96 valence electrons. The van der Waals surface area contributed by atoms with Crippen LogP contribution in [0.4, 0.5) is 0 Å². The van der Waals surface area contributed by atoms with Crippen LogP contribution in [-0.2, 0) is 9.53 Å². The number of ether oxygens (including phenoxy) is 1. The van der Waals surface area contributed by atoms with E-state index in [2.05, 4.69) is 9.72 Å². The van der Waals surface area contributed by atoms with E-state index in [0.29, 0.717) is 5.56 Å². The molecule has 0 amide bonds. The van der Waals surface area contributed by atoms with Gasteiger partial charge in [-0.15, -0.1) is 12.4 Å². The summed E-state index contributed by atoms with van der Waals surface area (Å²) in [6, 6.07) is 8.31. The first kappa shape index (κ1) is 14.7. The first-order valence-corrected chi connectivity index (χ1v) is 5.40. The van der Waals surface area contributed by atoms with Crippen molar-refractivity contribution in [1.29, 1.82) is 0 Å². The van der Waals surface area contributed by atoms with Gasteiger partial charge in [0.05, 0.1) is 12.6 Å². The minimum atomic E-state index is -0.912. The van der Waals surface area contributed by atoms with Gasteiger partial charge in [-0.25, -0.2) is 4.98 Å². The number of aromatic nitrogens is 1. The van der Waals surface area contributed by atoms with E-state index in [1.807, 2.05) is 24.3 Å². The van der Waals surface area contributed by atoms with Gasteiger partial charge in [-0.2, -0.15) is 0 Å². The fourth-order valence-corrected chi connectivity index (χ4v) is 1.84. The van der Waals surface area contributed by atoms with Crippen LogP contribution in [0.2, 0.25) is 5.15 Å². The van der Waals surface area contributed by atoms with Crippen molar-refractivity contribution < 1.29 is 9.53 Å². The highest BCUT2D eigenvalue weighted by Crippen LogP contribution is 2.25. The number of nitrogens with two attached hydrogens (primary N) is 1. The molecule has 2 N–H and O–H groups in total. The van der Waals surface area contributed by atoms with E-state index >= 15 is 0 Å². The highest BCUT2D eigenvalue weighted by atomic mass is 35.5. The largest absolute Gasteiger partial charge is 0.468 e. The van der Waals surface area contributed by atoms with Crippen molar-refractivity contribution in [3.05, 3.63) is 41.0 Å². The van der Waals surface area contributed by atoms with Crippen LogP contribution in [0.5, 0.6) is 0 Å². The summed E-state index contributed by atoms with van der Waals surface area (Å²) >= 11 is 6.00. The Kier molecular flexibility index (Phi) is 4.90. The van der Waals surface area contributed by atoms with Crippen molar-refractivity contribution >= 4 is 40.9 Å². The van der Waals surface area contributed by atoms with Crippen LogP contribution in [-0.4, -0.2) is 18.1 Å². The van der Waals surface area contributed by atoms with Crippen LogP contribution in [0.3, 0.4) is 0 Å². The van der Waals surface area contributed by atoms with Crippen LogP contribution in [0.25, 0.3) is 10.9 Å². The molecule has 0 spiro atoms. The lowest BCUT2D eigenvalue weighted by Gasteiger charge is -2.11. The number of pyridine rings is 1. The molecule has 1 aromatic heterocycles. The van der Waals surface area contributed by atoms with Gasteiger partial charge in [-0.1, -0.05) is 29.8 Å². The summed E-state index contributed by atoms with van der Waals surface area (Å²) in [4.78, 5) is 15.6. The normalized spacial score (nSPS) is 11.7. The molecule has 0 fully saturated rings. The molecule has 0 saturated heterocycles. The maximum atomic E-state index is 11.4. The minimum Gasteiger partial charge on any atom is -0.468 e. The third kappa shape index (κ3) is 2.72. The molecule has 0 unspecified atom stereocenters. The Morgan fingerprint density at radius 2 is 2.11 bits per heavy atom. The Bertz CT molecular complexity index is 575. The Labute approximate surface area is 115 Å². The minimum absolute atomic E-state index is 0. The number of rotatable bonds is 2.